The number of alkyl halides is 1. The Hall–Kier alpha value is -0.150. The van der Waals surface area contributed by atoms with E-state index in [1.165, 1.54) is 19.3 Å². The van der Waals surface area contributed by atoms with Crippen LogP contribution in [-0.4, -0.2) is 24.4 Å². The Labute approximate surface area is 97.7 Å². The summed E-state index contributed by atoms with van der Waals surface area (Å²) in [6, 6.07) is 0. The summed E-state index contributed by atoms with van der Waals surface area (Å²) in [5, 5.41) is 0. The van der Waals surface area contributed by atoms with Gasteiger partial charge in [-0.05, 0) is 38.5 Å². The Morgan fingerprint density at radius 1 is 1.38 bits per heavy atom. The first-order chi connectivity index (χ1) is 7.58. The molecule has 94 valence electrons. The normalized spacial score (nSPS) is 33.6. The van der Waals surface area contributed by atoms with Gasteiger partial charge < -0.3 is 10.5 Å². The predicted molar refractivity (Wildman–Crippen MR) is 63.1 cm³/mol. The van der Waals surface area contributed by atoms with Crippen LogP contribution in [0.1, 0.15) is 51.9 Å². The number of ether oxygens (including phenoxy) is 1. The minimum Gasteiger partial charge on any atom is -0.375 e. The first kappa shape index (κ1) is 12.3. The van der Waals surface area contributed by atoms with Crippen molar-refractivity contribution in [3.8, 4) is 0 Å². The van der Waals surface area contributed by atoms with Crippen molar-refractivity contribution < 1.29 is 9.13 Å². The van der Waals surface area contributed by atoms with Crippen LogP contribution >= 0.6 is 0 Å². The summed E-state index contributed by atoms with van der Waals surface area (Å²) >= 11 is 0. The molecule has 2 unspecified atom stereocenters. The molecule has 2 atom stereocenters. The van der Waals surface area contributed by atoms with Crippen LogP contribution in [0, 0.1) is 5.92 Å². The van der Waals surface area contributed by atoms with Gasteiger partial charge >= 0.3 is 0 Å². The van der Waals surface area contributed by atoms with Crippen molar-refractivity contribution in [1.82, 2.24) is 0 Å². The molecule has 0 aromatic rings. The molecule has 1 spiro atoms. The van der Waals surface area contributed by atoms with Crippen molar-refractivity contribution >= 4 is 0 Å². The van der Waals surface area contributed by atoms with Crippen molar-refractivity contribution in [2.24, 2.45) is 11.7 Å². The second kappa shape index (κ2) is 4.61. The Morgan fingerprint density at radius 3 is 2.69 bits per heavy atom. The van der Waals surface area contributed by atoms with Crippen molar-refractivity contribution in [3.05, 3.63) is 0 Å². The summed E-state index contributed by atoms with van der Waals surface area (Å²) in [4.78, 5) is 0. The van der Waals surface area contributed by atoms with Crippen LogP contribution < -0.4 is 5.73 Å². The molecular formula is C13H24FNO. The predicted octanol–water partition coefficient (Wildman–Crippen LogP) is 2.80. The minimum absolute atomic E-state index is 0.0102. The number of rotatable bonds is 2. The molecule has 0 bridgehead atoms. The highest BCUT2D eigenvalue weighted by molar-refractivity contribution is 4.95. The zero-order valence-corrected chi connectivity index (χ0v) is 10.3. The van der Waals surface area contributed by atoms with E-state index in [0.29, 0.717) is 6.61 Å². The fraction of sp³-hybridized carbons (Fsp3) is 1.00. The van der Waals surface area contributed by atoms with Gasteiger partial charge in [-0.2, -0.15) is 0 Å². The summed E-state index contributed by atoms with van der Waals surface area (Å²) < 4.78 is 20.2. The van der Waals surface area contributed by atoms with Gasteiger partial charge in [0.15, 0.2) is 0 Å². The van der Waals surface area contributed by atoms with Gasteiger partial charge in [0.25, 0.3) is 0 Å². The Morgan fingerprint density at radius 2 is 2.06 bits per heavy atom. The second-order valence-corrected chi connectivity index (χ2v) is 5.76. The molecular weight excluding hydrogens is 205 g/mol. The van der Waals surface area contributed by atoms with E-state index in [-0.39, 0.29) is 18.1 Å². The van der Waals surface area contributed by atoms with E-state index in [9.17, 15) is 4.39 Å². The zero-order valence-electron chi connectivity index (χ0n) is 10.3. The van der Waals surface area contributed by atoms with E-state index in [1.54, 1.807) is 6.92 Å². The molecule has 1 heterocycles. The van der Waals surface area contributed by atoms with E-state index >= 15 is 0 Å². The molecule has 2 rings (SSSR count). The van der Waals surface area contributed by atoms with Gasteiger partial charge in [-0.25, -0.2) is 4.39 Å². The standard InChI is InChI=1S/C13H24FNO/c1-12(14,10-15)11-5-8-16-13(9-11)6-3-2-4-7-13/h11H,2-10,15H2,1H3. The monoisotopic (exact) mass is 229 g/mol. The molecule has 2 fully saturated rings. The van der Waals surface area contributed by atoms with Gasteiger partial charge in [0, 0.05) is 13.2 Å². The number of halogens is 1. The van der Waals surface area contributed by atoms with Gasteiger partial charge in [0.05, 0.1) is 5.60 Å². The Kier molecular flexibility index (Phi) is 3.55. The quantitative estimate of drug-likeness (QED) is 0.790. The lowest BCUT2D eigenvalue weighted by Gasteiger charge is -2.46. The van der Waals surface area contributed by atoms with E-state index in [4.69, 9.17) is 10.5 Å². The largest absolute Gasteiger partial charge is 0.375 e. The molecule has 0 amide bonds. The first-order valence-corrected chi connectivity index (χ1v) is 6.61. The molecule has 3 heteroatoms. The smallest absolute Gasteiger partial charge is 0.123 e. The fourth-order valence-electron chi connectivity index (χ4n) is 3.25. The minimum atomic E-state index is -1.21. The molecule has 2 nitrogen and oxygen atoms in total. The van der Waals surface area contributed by atoms with Crippen LogP contribution in [0.25, 0.3) is 0 Å². The molecule has 0 aromatic heterocycles. The first-order valence-electron chi connectivity index (χ1n) is 6.61. The third-order valence-electron chi connectivity index (χ3n) is 4.51. The van der Waals surface area contributed by atoms with Crippen molar-refractivity contribution in [1.29, 1.82) is 0 Å². The Balaban J connectivity index is 2.03. The van der Waals surface area contributed by atoms with E-state index in [0.717, 1.165) is 25.7 Å². The lowest BCUT2D eigenvalue weighted by atomic mass is 9.72. The van der Waals surface area contributed by atoms with E-state index < -0.39 is 5.67 Å². The molecule has 2 N–H and O–H groups in total. The van der Waals surface area contributed by atoms with Crippen LogP contribution in [0.3, 0.4) is 0 Å². The average molecular weight is 229 g/mol. The summed E-state index contributed by atoms with van der Waals surface area (Å²) in [6.45, 7) is 2.50. The number of hydrogen-bond acceptors (Lipinski definition) is 2. The van der Waals surface area contributed by atoms with Crippen molar-refractivity contribution in [2.45, 2.75) is 63.1 Å². The highest BCUT2D eigenvalue weighted by Gasteiger charge is 2.44. The summed E-state index contributed by atoms with van der Waals surface area (Å²) in [7, 11) is 0. The molecule has 0 radical (unpaired) electrons. The van der Waals surface area contributed by atoms with Crippen LogP contribution in [0.15, 0.2) is 0 Å². The van der Waals surface area contributed by atoms with Gasteiger partial charge in [-0.15, -0.1) is 0 Å². The summed E-state index contributed by atoms with van der Waals surface area (Å²) in [5.41, 5.74) is 4.31. The van der Waals surface area contributed by atoms with Crippen LogP contribution in [0.2, 0.25) is 0 Å². The molecule has 1 saturated heterocycles. The Bertz CT molecular complexity index is 231. The molecule has 1 aliphatic heterocycles. The van der Waals surface area contributed by atoms with Gasteiger partial charge in [-0.3, -0.25) is 0 Å². The molecule has 1 saturated carbocycles. The molecule has 1 aliphatic carbocycles. The van der Waals surface area contributed by atoms with Crippen molar-refractivity contribution in [2.75, 3.05) is 13.2 Å². The van der Waals surface area contributed by atoms with E-state index in [2.05, 4.69) is 0 Å². The van der Waals surface area contributed by atoms with Crippen LogP contribution in [0.5, 0.6) is 0 Å². The third-order valence-corrected chi connectivity index (χ3v) is 4.51. The maximum atomic E-state index is 14.3. The summed E-state index contributed by atoms with van der Waals surface area (Å²) in [6.07, 6.45) is 7.70. The maximum Gasteiger partial charge on any atom is 0.123 e. The molecule has 2 aliphatic rings. The third kappa shape index (κ3) is 2.40. The lowest BCUT2D eigenvalue weighted by molar-refractivity contribution is -0.137. The average Bonchev–Trinajstić information content (AvgIpc) is 2.30. The van der Waals surface area contributed by atoms with Crippen molar-refractivity contribution in [3.63, 3.8) is 0 Å². The maximum absolute atomic E-state index is 14.3. The number of nitrogens with two attached hydrogens (primary N) is 1. The SMILES string of the molecule is CC(F)(CN)C1CCOC2(CCCCC2)C1. The topological polar surface area (TPSA) is 35.2 Å². The highest BCUT2D eigenvalue weighted by atomic mass is 19.1. The van der Waals surface area contributed by atoms with Gasteiger partial charge in [0.2, 0.25) is 0 Å². The lowest BCUT2D eigenvalue weighted by Crippen LogP contribution is -2.49. The highest BCUT2D eigenvalue weighted by Crippen LogP contribution is 2.44. The van der Waals surface area contributed by atoms with Gasteiger partial charge in [0.1, 0.15) is 5.67 Å². The second-order valence-electron chi connectivity index (χ2n) is 5.76. The molecule has 0 aromatic carbocycles. The van der Waals surface area contributed by atoms with Gasteiger partial charge in [-0.1, -0.05) is 19.3 Å². The van der Waals surface area contributed by atoms with Crippen LogP contribution in [0.4, 0.5) is 4.39 Å². The van der Waals surface area contributed by atoms with Crippen LogP contribution in [-0.2, 0) is 4.74 Å². The zero-order chi connectivity index (χ0) is 11.6. The number of hydrogen-bond donors (Lipinski definition) is 1. The fourth-order valence-corrected chi connectivity index (χ4v) is 3.25. The van der Waals surface area contributed by atoms with E-state index in [1.807, 2.05) is 0 Å². The molecule has 16 heavy (non-hydrogen) atoms. The summed E-state index contributed by atoms with van der Waals surface area (Å²) in [5.74, 6) is 0.0874.